The molecule has 0 unspecified atom stereocenters. The molecule has 0 bridgehead atoms. The smallest absolute Gasteiger partial charge is 0.406 e. The first-order valence-corrected chi connectivity index (χ1v) is 10.8. The van der Waals surface area contributed by atoms with Crippen LogP contribution in [0.3, 0.4) is 0 Å². The number of anilines is 1. The highest BCUT2D eigenvalue weighted by atomic mass is 19.4. The van der Waals surface area contributed by atoms with Crippen LogP contribution in [0.2, 0.25) is 0 Å². The van der Waals surface area contributed by atoms with Crippen molar-refractivity contribution in [3.05, 3.63) is 59.5 Å². The summed E-state index contributed by atoms with van der Waals surface area (Å²) in [5.74, 6) is 1.30. The fraction of sp³-hybridized carbons (Fsp3) is 0.304. The number of rotatable bonds is 11. The average Bonchev–Trinajstić information content (AvgIpc) is 3.29. The van der Waals surface area contributed by atoms with Gasteiger partial charge in [-0.05, 0) is 49.1 Å². The van der Waals surface area contributed by atoms with Crippen molar-refractivity contribution in [1.82, 2.24) is 30.5 Å². The molecule has 1 aromatic carbocycles. The van der Waals surface area contributed by atoms with E-state index in [0.717, 1.165) is 30.7 Å². The molecule has 0 aliphatic carbocycles. The predicted molar refractivity (Wildman–Crippen MR) is 122 cm³/mol. The Hall–Kier alpha value is -4.47. The van der Waals surface area contributed by atoms with E-state index in [-0.39, 0.29) is 30.4 Å². The second-order valence-electron chi connectivity index (χ2n) is 7.54. The Labute approximate surface area is 204 Å². The van der Waals surface area contributed by atoms with Gasteiger partial charge >= 0.3 is 6.36 Å². The fourth-order valence-electron chi connectivity index (χ4n) is 3.10. The summed E-state index contributed by atoms with van der Waals surface area (Å²) in [6.45, 7) is 0.677. The van der Waals surface area contributed by atoms with Gasteiger partial charge in [0.2, 0.25) is 5.91 Å². The van der Waals surface area contributed by atoms with Gasteiger partial charge in [-0.2, -0.15) is 5.10 Å². The Morgan fingerprint density at radius 1 is 1.11 bits per heavy atom. The number of hydrogen-bond donors (Lipinski definition) is 2. The van der Waals surface area contributed by atoms with Crippen molar-refractivity contribution in [3.8, 4) is 18.1 Å². The van der Waals surface area contributed by atoms with Crippen LogP contribution < -0.4 is 15.4 Å². The highest BCUT2D eigenvalue weighted by Gasteiger charge is 2.31. The van der Waals surface area contributed by atoms with Crippen molar-refractivity contribution in [2.45, 2.75) is 38.6 Å². The van der Waals surface area contributed by atoms with E-state index in [1.54, 1.807) is 23.0 Å². The number of ether oxygens (including phenoxy) is 1. The molecule has 0 aliphatic heterocycles. The van der Waals surface area contributed by atoms with Crippen LogP contribution in [-0.4, -0.2) is 49.9 Å². The second-order valence-corrected chi connectivity index (χ2v) is 7.54. The zero-order valence-corrected chi connectivity index (χ0v) is 19.0. The zero-order valence-electron chi connectivity index (χ0n) is 19.0. The first-order chi connectivity index (χ1) is 17.2. The van der Waals surface area contributed by atoms with Gasteiger partial charge in [-0.1, -0.05) is 23.3 Å². The summed E-state index contributed by atoms with van der Waals surface area (Å²) >= 11 is 0. The van der Waals surface area contributed by atoms with Gasteiger partial charge in [0.1, 0.15) is 5.75 Å². The van der Waals surface area contributed by atoms with E-state index in [4.69, 9.17) is 6.42 Å². The lowest BCUT2D eigenvalue weighted by Crippen LogP contribution is -2.23. The van der Waals surface area contributed by atoms with Crippen molar-refractivity contribution in [2.24, 2.45) is 0 Å². The molecule has 10 nitrogen and oxygen atoms in total. The minimum Gasteiger partial charge on any atom is -0.406 e. The lowest BCUT2D eigenvalue weighted by molar-refractivity contribution is -0.274. The molecule has 0 saturated carbocycles. The summed E-state index contributed by atoms with van der Waals surface area (Å²) in [5, 5.41) is 20.8. The van der Waals surface area contributed by atoms with E-state index in [1.807, 2.05) is 0 Å². The number of alkyl halides is 3. The number of benzene rings is 1. The lowest BCUT2D eigenvalue weighted by Gasteiger charge is -2.10. The van der Waals surface area contributed by atoms with Crippen LogP contribution in [-0.2, 0) is 24.2 Å². The highest BCUT2D eigenvalue weighted by Crippen LogP contribution is 2.23. The van der Waals surface area contributed by atoms with Crippen molar-refractivity contribution in [3.63, 3.8) is 0 Å². The number of unbranched alkanes of at least 4 members (excludes halogenated alkanes) is 1. The summed E-state index contributed by atoms with van der Waals surface area (Å²) < 4.78 is 42.5. The van der Waals surface area contributed by atoms with E-state index in [0.29, 0.717) is 18.5 Å². The summed E-state index contributed by atoms with van der Waals surface area (Å²) in [6, 6.07) is 8.52. The molecule has 2 aromatic heterocycles. The largest absolute Gasteiger partial charge is 0.573 e. The van der Waals surface area contributed by atoms with Gasteiger partial charge in [0.25, 0.3) is 5.91 Å². The molecule has 0 aliphatic rings. The second kappa shape index (κ2) is 12.3. The van der Waals surface area contributed by atoms with Crippen LogP contribution in [0.1, 0.15) is 34.6 Å². The van der Waals surface area contributed by atoms with Crippen LogP contribution in [0.5, 0.6) is 5.75 Å². The number of nitrogens with zero attached hydrogens (tertiary/aromatic N) is 5. The van der Waals surface area contributed by atoms with Crippen LogP contribution in [0, 0.1) is 12.3 Å². The molecule has 13 heteroatoms. The minimum atomic E-state index is -4.81. The number of amides is 2. The molecule has 2 N–H and O–H groups in total. The third-order valence-electron chi connectivity index (χ3n) is 4.68. The highest BCUT2D eigenvalue weighted by molar-refractivity contribution is 5.92. The van der Waals surface area contributed by atoms with Crippen LogP contribution in [0.15, 0.2) is 42.6 Å². The third kappa shape index (κ3) is 8.71. The number of hydrogen-bond acceptors (Lipinski definition) is 7. The molecule has 3 rings (SSSR count). The molecule has 0 radical (unpaired) electrons. The Kier molecular flexibility index (Phi) is 8.93. The molecule has 3 aromatic rings. The predicted octanol–water partition coefficient (Wildman–Crippen LogP) is 2.53. The van der Waals surface area contributed by atoms with Gasteiger partial charge in [0.05, 0.1) is 24.9 Å². The van der Waals surface area contributed by atoms with E-state index in [9.17, 15) is 22.8 Å². The first-order valence-electron chi connectivity index (χ1n) is 10.8. The number of carbonyl (C=O) groups excluding carboxylic acids is 2. The van der Waals surface area contributed by atoms with Gasteiger partial charge < -0.3 is 15.4 Å². The molecule has 2 amide bonds. The normalized spacial score (nSPS) is 10.9. The molecule has 0 atom stereocenters. The van der Waals surface area contributed by atoms with Crippen LogP contribution >= 0.6 is 0 Å². The monoisotopic (exact) mass is 501 g/mol. The summed E-state index contributed by atoms with van der Waals surface area (Å²) in [4.78, 5) is 24.0. The van der Waals surface area contributed by atoms with Crippen LogP contribution in [0.4, 0.5) is 19.0 Å². The maximum atomic E-state index is 12.4. The SMILES string of the molecule is C#CCNC(=O)c1cn(CCCCc2ccc(NC(=O)Cc3cccc(OC(F)(F)F)c3)nn2)nn1. The van der Waals surface area contributed by atoms with E-state index in [2.05, 4.69) is 41.8 Å². The van der Waals surface area contributed by atoms with E-state index < -0.39 is 18.0 Å². The van der Waals surface area contributed by atoms with Gasteiger partial charge in [-0.3, -0.25) is 14.3 Å². The Balaban J connectivity index is 1.40. The minimum absolute atomic E-state index is 0.115. The Bertz CT molecular complexity index is 1220. The first kappa shape index (κ1) is 26.1. The number of aromatic nitrogens is 5. The summed E-state index contributed by atoms with van der Waals surface area (Å²) in [5.41, 5.74) is 1.26. The fourth-order valence-corrected chi connectivity index (χ4v) is 3.10. The van der Waals surface area contributed by atoms with E-state index >= 15 is 0 Å². The molecule has 36 heavy (non-hydrogen) atoms. The average molecular weight is 501 g/mol. The molecular weight excluding hydrogens is 479 g/mol. The standard InChI is InChI=1S/C23H22F3N7O3/c1-2-11-27-22(35)19-15-33(32-30-19)12-4-3-7-17-9-10-20(31-29-17)28-21(34)14-16-6-5-8-18(13-16)36-23(24,25)26/h1,5-6,8-10,13,15H,3-4,7,11-12,14H2,(H,27,35)(H,28,31,34). The maximum Gasteiger partial charge on any atom is 0.573 e. The van der Waals surface area contributed by atoms with Crippen molar-refractivity contribution in [1.29, 1.82) is 0 Å². The summed E-state index contributed by atoms with van der Waals surface area (Å²) in [7, 11) is 0. The van der Waals surface area contributed by atoms with Gasteiger partial charge in [-0.25, -0.2) is 0 Å². The molecule has 0 fully saturated rings. The Morgan fingerprint density at radius 3 is 2.67 bits per heavy atom. The van der Waals surface area contributed by atoms with Gasteiger partial charge in [-0.15, -0.1) is 29.8 Å². The third-order valence-corrected chi connectivity index (χ3v) is 4.68. The zero-order chi connectivity index (χ0) is 26.0. The summed E-state index contributed by atoms with van der Waals surface area (Å²) in [6.07, 6.45) is 3.84. The maximum absolute atomic E-state index is 12.4. The molecule has 2 heterocycles. The topological polar surface area (TPSA) is 124 Å². The van der Waals surface area contributed by atoms with Crippen molar-refractivity contribution >= 4 is 17.6 Å². The van der Waals surface area contributed by atoms with Crippen LogP contribution in [0.25, 0.3) is 0 Å². The molecule has 0 saturated heterocycles. The van der Waals surface area contributed by atoms with Crippen molar-refractivity contribution < 1.29 is 27.5 Å². The van der Waals surface area contributed by atoms with Gasteiger partial charge in [0.15, 0.2) is 11.5 Å². The number of halogens is 3. The van der Waals surface area contributed by atoms with Crippen molar-refractivity contribution in [2.75, 3.05) is 11.9 Å². The number of aryl methyl sites for hydroxylation is 2. The molecule has 188 valence electrons. The number of nitrogens with one attached hydrogen (secondary N) is 2. The number of carbonyl (C=O) groups is 2. The van der Waals surface area contributed by atoms with Gasteiger partial charge in [0, 0.05) is 6.54 Å². The molecule has 0 spiro atoms. The number of terminal acetylenes is 1. The Morgan fingerprint density at radius 2 is 1.94 bits per heavy atom. The quantitative estimate of drug-likeness (QED) is 0.306. The molecular formula is C23H22F3N7O3. The van der Waals surface area contributed by atoms with E-state index in [1.165, 1.54) is 12.1 Å². The lowest BCUT2D eigenvalue weighted by atomic mass is 10.1.